The maximum absolute atomic E-state index is 14.8. The molecule has 10 heteroatoms. The second-order valence-corrected chi connectivity index (χ2v) is 10.8. The molecule has 0 aliphatic carbocycles. The van der Waals surface area contributed by atoms with Crippen molar-refractivity contribution < 1.29 is 17.6 Å². The smallest absolute Gasteiger partial charge is 0.251 e. The standard InChI is InChI=1S/C25H26FN5O3S/c1-30-10-12-31(13-11-30)35(33,34)19-5-2-16(3-6-19)21-15-22(24(27)29-23(21)26)17-4-7-20-18(14-17)8-9-28-25(20)32/h2-7,14-15H,8-13H2,1H3,(H2,27,29)(H,28,32). The molecule has 0 saturated carbocycles. The summed E-state index contributed by atoms with van der Waals surface area (Å²) in [6.07, 6.45) is 0.694. The van der Waals surface area contributed by atoms with Crippen LogP contribution in [0.4, 0.5) is 10.2 Å². The Kier molecular flexibility index (Phi) is 6.04. The number of pyridine rings is 1. The molecule has 2 aliphatic rings. The topological polar surface area (TPSA) is 109 Å². The molecule has 1 fully saturated rings. The molecule has 0 radical (unpaired) electrons. The summed E-state index contributed by atoms with van der Waals surface area (Å²) >= 11 is 0. The normalized spacial score (nSPS) is 17.1. The molecule has 0 unspecified atom stereocenters. The van der Waals surface area contributed by atoms with Crippen molar-refractivity contribution in [1.29, 1.82) is 0 Å². The van der Waals surface area contributed by atoms with Crippen molar-refractivity contribution in [3.8, 4) is 22.3 Å². The van der Waals surface area contributed by atoms with E-state index in [9.17, 15) is 17.6 Å². The van der Waals surface area contributed by atoms with Crippen molar-refractivity contribution in [2.45, 2.75) is 11.3 Å². The average molecular weight is 496 g/mol. The van der Waals surface area contributed by atoms with E-state index in [4.69, 9.17) is 5.73 Å². The molecular weight excluding hydrogens is 469 g/mol. The number of anilines is 1. The predicted octanol–water partition coefficient (Wildman–Crippen LogP) is 2.36. The van der Waals surface area contributed by atoms with Gasteiger partial charge < -0.3 is 16.0 Å². The number of aromatic nitrogens is 1. The van der Waals surface area contributed by atoms with Gasteiger partial charge in [0, 0.05) is 49.4 Å². The number of hydrogen-bond donors (Lipinski definition) is 2. The quantitative estimate of drug-likeness (QED) is 0.538. The molecule has 0 bridgehead atoms. The minimum Gasteiger partial charge on any atom is -0.383 e. The lowest BCUT2D eigenvalue weighted by Crippen LogP contribution is -2.46. The number of benzene rings is 2. The molecule has 2 aliphatic heterocycles. The number of halogens is 1. The summed E-state index contributed by atoms with van der Waals surface area (Å²) in [5, 5.41) is 2.81. The molecule has 35 heavy (non-hydrogen) atoms. The van der Waals surface area contributed by atoms with Gasteiger partial charge in [-0.1, -0.05) is 24.3 Å². The lowest BCUT2D eigenvalue weighted by molar-refractivity contribution is 0.0946. The van der Waals surface area contributed by atoms with E-state index >= 15 is 0 Å². The summed E-state index contributed by atoms with van der Waals surface area (Å²) in [5.74, 6) is -0.811. The maximum Gasteiger partial charge on any atom is 0.251 e. The minimum atomic E-state index is -3.62. The summed E-state index contributed by atoms with van der Waals surface area (Å²) in [6, 6.07) is 13.2. The van der Waals surface area contributed by atoms with Crippen LogP contribution in [0.1, 0.15) is 15.9 Å². The second-order valence-electron chi connectivity index (χ2n) is 8.87. The van der Waals surface area contributed by atoms with Gasteiger partial charge in [-0.15, -0.1) is 0 Å². The number of nitrogen functional groups attached to an aromatic ring is 1. The third kappa shape index (κ3) is 4.40. The zero-order chi connectivity index (χ0) is 24.7. The van der Waals surface area contributed by atoms with Gasteiger partial charge in [0.2, 0.25) is 16.0 Å². The van der Waals surface area contributed by atoms with E-state index in [1.165, 1.54) is 16.4 Å². The predicted molar refractivity (Wildman–Crippen MR) is 132 cm³/mol. The third-order valence-electron chi connectivity index (χ3n) is 6.61. The van der Waals surface area contributed by atoms with Crippen molar-refractivity contribution in [3.05, 3.63) is 65.6 Å². The summed E-state index contributed by atoms with van der Waals surface area (Å²) < 4.78 is 42.3. The van der Waals surface area contributed by atoms with Crippen LogP contribution in [-0.2, 0) is 16.4 Å². The molecule has 5 rings (SSSR count). The number of nitrogens with one attached hydrogen (secondary N) is 1. The fourth-order valence-corrected chi connectivity index (χ4v) is 5.94. The summed E-state index contributed by atoms with van der Waals surface area (Å²) in [4.78, 5) is 18.2. The average Bonchev–Trinajstić information content (AvgIpc) is 2.84. The molecule has 3 N–H and O–H groups in total. The van der Waals surface area contributed by atoms with Crippen molar-refractivity contribution in [2.24, 2.45) is 0 Å². The number of likely N-dealkylation sites (N-methyl/N-ethyl adjacent to an activating group) is 1. The molecule has 0 atom stereocenters. The van der Waals surface area contributed by atoms with Crippen LogP contribution in [0.15, 0.2) is 53.4 Å². The third-order valence-corrected chi connectivity index (χ3v) is 8.52. The van der Waals surface area contributed by atoms with Gasteiger partial charge in [0.25, 0.3) is 5.91 Å². The first-order chi connectivity index (χ1) is 16.7. The molecule has 3 aromatic rings. The van der Waals surface area contributed by atoms with Crippen LogP contribution in [0.25, 0.3) is 22.3 Å². The van der Waals surface area contributed by atoms with Crippen LogP contribution in [0.3, 0.4) is 0 Å². The largest absolute Gasteiger partial charge is 0.383 e. The van der Waals surface area contributed by atoms with Gasteiger partial charge in [-0.25, -0.2) is 13.4 Å². The van der Waals surface area contributed by atoms with Crippen LogP contribution in [0, 0.1) is 5.95 Å². The molecule has 2 aromatic carbocycles. The minimum absolute atomic E-state index is 0.0423. The fourth-order valence-electron chi connectivity index (χ4n) is 4.52. The van der Waals surface area contributed by atoms with Gasteiger partial charge in [0.1, 0.15) is 5.82 Å². The summed E-state index contributed by atoms with van der Waals surface area (Å²) in [7, 11) is -1.66. The molecular formula is C25H26FN5O3S. The van der Waals surface area contributed by atoms with Crippen molar-refractivity contribution in [1.82, 2.24) is 19.5 Å². The van der Waals surface area contributed by atoms with Crippen molar-refractivity contribution >= 4 is 21.7 Å². The van der Waals surface area contributed by atoms with Crippen molar-refractivity contribution in [3.63, 3.8) is 0 Å². The number of sulfonamides is 1. The summed E-state index contributed by atoms with van der Waals surface area (Å²) in [6.45, 7) is 2.78. The van der Waals surface area contributed by atoms with Gasteiger partial charge in [0.15, 0.2) is 0 Å². The Morgan fingerprint density at radius 2 is 1.63 bits per heavy atom. The lowest BCUT2D eigenvalue weighted by Gasteiger charge is -2.31. The Morgan fingerprint density at radius 1 is 0.943 bits per heavy atom. The van der Waals surface area contributed by atoms with Crippen LogP contribution in [-0.4, -0.2) is 68.3 Å². The maximum atomic E-state index is 14.8. The Balaban J connectivity index is 1.47. The monoisotopic (exact) mass is 495 g/mol. The van der Waals surface area contributed by atoms with Crippen LogP contribution < -0.4 is 11.1 Å². The Bertz CT molecular complexity index is 1400. The number of amides is 1. The van der Waals surface area contributed by atoms with E-state index in [0.29, 0.717) is 55.8 Å². The van der Waals surface area contributed by atoms with Crippen LogP contribution >= 0.6 is 0 Å². The number of rotatable bonds is 4. The molecule has 1 amide bonds. The fraction of sp³-hybridized carbons (Fsp3) is 0.280. The van der Waals surface area contributed by atoms with E-state index < -0.39 is 16.0 Å². The highest BCUT2D eigenvalue weighted by Crippen LogP contribution is 2.33. The van der Waals surface area contributed by atoms with Gasteiger partial charge in [-0.3, -0.25) is 4.79 Å². The van der Waals surface area contributed by atoms with Gasteiger partial charge >= 0.3 is 0 Å². The molecule has 8 nitrogen and oxygen atoms in total. The number of nitrogens with two attached hydrogens (primary N) is 1. The van der Waals surface area contributed by atoms with E-state index in [0.717, 1.165) is 11.1 Å². The molecule has 3 heterocycles. The van der Waals surface area contributed by atoms with E-state index in [1.54, 1.807) is 30.3 Å². The molecule has 0 spiro atoms. The second kappa shape index (κ2) is 9.03. The van der Waals surface area contributed by atoms with Crippen LogP contribution in [0.2, 0.25) is 0 Å². The molecule has 1 saturated heterocycles. The number of hydrogen-bond acceptors (Lipinski definition) is 6. The Morgan fingerprint density at radius 3 is 2.34 bits per heavy atom. The first-order valence-electron chi connectivity index (χ1n) is 11.4. The number of carbonyl (C=O) groups is 1. The molecule has 182 valence electrons. The summed E-state index contributed by atoms with van der Waals surface area (Å²) in [5.41, 5.74) is 9.56. The van der Waals surface area contributed by atoms with E-state index in [2.05, 4.69) is 15.2 Å². The highest BCUT2D eigenvalue weighted by Gasteiger charge is 2.27. The van der Waals surface area contributed by atoms with E-state index in [1.807, 2.05) is 13.1 Å². The zero-order valence-electron chi connectivity index (χ0n) is 19.3. The van der Waals surface area contributed by atoms with Gasteiger partial charge in [0.05, 0.1) is 4.90 Å². The highest BCUT2D eigenvalue weighted by atomic mass is 32.2. The first kappa shape index (κ1) is 23.4. The van der Waals surface area contributed by atoms with Crippen LogP contribution in [0.5, 0.6) is 0 Å². The van der Waals surface area contributed by atoms with E-state index in [-0.39, 0.29) is 22.2 Å². The highest BCUT2D eigenvalue weighted by molar-refractivity contribution is 7.89. The Hall–Kier alpha value is -3.34. The SMILES string of the molecule is CN1CCN(S(=O)(=O)c2ccc(-c3cc(-c4ccc5c(c4)CCNC5=O)c(N)nc3F)cc2)CC1. The first-order valence-corrected chi connectivity index (χ1v) is 12.8. The van der Waals surface area contributed by atoms with Crippen molar-refractivity contribution in [2.75, 3.05) is 45.5 Å². The number of nitrogens with zero attached hydrogens (tertiary/aromatic N) is 3. The number of piperazine rings is 1. The van der Waals surface area contributed by atoms with Gasteiger partial charge in [-0.05, 0) is 54.4 Å². The lowest BCUT2D eigenvalue weighted by atomic mass is 9.94. The number of carbonyl (C=O) groups excluding carboxylic acids is 1. The Labute approximate surface area is 203 Å². The molecule has 1 aromatic heterocycles. The van der Waals surface area contributed by atoms with Gasteiger partial charge in [-0.2, -0.15) is 8.70 Å². The zero-order valence-corrected chi connectivity index (χ0v) is 20.1. The number of fused-ring (bicyclic) bond motifs is 1.